The molecule has 1 N–H and O–H groups in total. The van der Waals surface area contributed by atoms with Crippen LogP contribution in [0.3, 0.4) is 0 Å². The summed E-state index contributed by atoms with van der Waals surface area (Å²) in [4.78, 5) is 15.4. The van der Waals surface area contributed by atoms with E-state index in [-0.39, 0.29) is 12.2 Å². The molecule has 4 heteroatoms. The van der Waals surface area contributed by atoms with Crippen molar-refractivity contribution in [3.8, 4) is 11.8 Å². The molecule has 2 rings (SSSR count). The molecule has 2 aromatic rings. The summed E-state index contributed by atoms with van der Waals surface area (Å²) in [6.07, 6.45) is 2.99. The van der Waals surface area contributed by atoms with Crippen molar-refractivity contribution in [1.82, 2.24) is 9.55 Å². The number of aliphatic hydroxyl groups is 1. The lowest BCUT2D eigenvalue weighted by Crippen LogP contribution is -2.19. The van der Waals surface area contributed by atoms with Crippen LogP contribution >= 0.6 is 0 Å². The molecule has 0 radical (unpaired) electrons. The summed E-state index contributed by atoms with van der Waals surface area (Å²) >= 11 is 0. The van der Waals surface area contributed by atoms with E-state index in [1.165, 1.54) is 23.2 Å². The number of aliphatic hydroxyl groups excluding tert-OH is 1. The molecule has 0 saturated heterocycles. The fraction of sp³-hybridized carbons (Fsp3) is 0.143. The van der Waals surface area contributed by atoms with Crippen molar-refractivity contribution >= 4 is 0 Å². The molecule has 90 valence electrons. The molecule has 0 aliphatic carbocycles. The van der Waals surface area contributed by atoms with Gasteiger partial charge in [0.2, 0.25) is 0 Å². The second-order valence-electron chi connectivity index (χ2n) is 3.70. The number of rotatable bonds is 2. The van der Waals surface area contributed by atoms with Crippen molar-refractivity contribution in [3.63, 3.8) is 0 Å². The molecule has 1 aromatic heterocycles. The summed E-state index contributed by atoms with van der Waals surface area (Å²) in [6.45, 7) is 0.340. The van der Waals surface area contributed by atoms with Crippen LogP contribution in [0.25, 0.3) is 0 Å². The van der Waals surface area contributed by atoms with Crippen molar-refractivity contribution < 1.29 is 5.11 Å². The molecule has 0 saturated carbocycles. The van der Waals surface area contributed by atoms with Crippen molar-refractivity contribution in [1.29, 1.82) is 0 Å². The molecular formula is C14H12N2O2. The molecule has 1 aromatic carbocycles. The predicted octanol–water partition coefficient (Wildman–Crippen LogP) is 0.635. The lowest BCUT2D eigenvalue weighted by Gasteiger charge is -2.04. The Hall–Kier alpha value is -2.38. The highest BCUT2D eigenvalue weighted by Crippen LogP contribution is 2.04. The monoisotopic (exact) mass is 240 g/mol. The van der Waals surface area contributed by atoms with Gasteiger partial charge in [-0.05, 0) is 17.7 Å². The fourth-order valence-corrected chi connectivity index (χ4v) is 1.53. The average molecular weight is 240 g/mol. The SMILES string of the molecule is O=c1ccncn1Cc1ccc(C#CCO)cc1. The third-order valence-electron chi connectivity index (χ3n) is 2.41. The van der Waals surface area contributed by atoms with Gasteiger partial charge >= 0.3 is 0 Å². The quantitative estimate of drug-likeness (QED) is 0.783. The lowest BCUT2D eigenvalue weighted by atomic mass is 10.1. The van der Waals surface area contributed by atoms with Crippen LogP contribution in [0, 0.1) is 11.8 Å². The normalized spacial score (nSPS) is 9.61. The lowest BCUT2D eigenvalue weighted by molar-refractivity contribution is 0.350. The Bertz CT molecular complexity index is 633. The van der Waals surface area contributed by atoms with E-state index in [0.717, 1.165) is 11.1 Å². The van der Waals surface area contributed by atoms with Crippen LogP contribution in [0.5, 0.6) is 0 Å². The maximum absolute atomic E-state index is 11.5. The number of hydrogen-bond donors (Lipinski definition) is 1. The van der Waals surface area contributed by atoms with E-state index in [2.05, 4.69) is 16.8 Å². The highest BCUT2D eigenvalue weighted by atomic mass is 16.2. The minimum atomic E-state index is -0.146. The summed E-state index contributed by atoms with van der Waals surface area (Å²) in [6, 6.07) is 8.96. The first-order valence-electron chi connectivity index (χ1n) is 5.49. The molecule has 0 aliphatic rings. The summed E-state index contributed by atoms with van der Waals surface area (Å²) in [5.74, 6) is 5.40. The van der Waals surface area contributed by atoms with Gasteiger partial charge in [0.25, 0.3) is 5.56 Å². The Morgan fingerprint density at radius 1 is 1.22 bits per heavy atom. The fourth-order valence-electron chi connectivity index (χ4n) is 1.53. The third-order valence-corrected chi connectivity index (χ3v) is 2.41. The van der Waals surface area contributed by atoms with E-state index in [1.54, 1.807) is 0 Å². The van der Waals surface area contributed by atoms with Crippen LogP contribution < -0.4 is 5.56 Å². The highest BCUT2D eigenvalue weighted by Gasteiger charge is 1.97. The Balaban J connectivity index is 2.16. The smallest absolute Gasteiger partial charge is 0.253 e. The van der Waals surface area contributed by atoms with Gasteiger partial charge in [-0.15, -0.1) is 0 Å². The molecule has 0 spiro atoms. The van der Waals surface area contributed by atoms with Gasteiger partial charge in [-0.1, -0.05) is 24.0 Å². The standard InChI is InChI=1S/C14H12N2O2/c17-9-1-2-12-3-5-13(6-4-12)10-16-11-15-8-7-14(16)18/h3-8,11,17H,9-10H2. The molecule has 1 heterocycles. The van der Waals surface area contributed by atoms with Gasteiger partial charge in [-0.25, -0.2) is 4.98 Å². The molecule has 0 aliphatic heterocycles. The van der Waals surface area contributed by atoms with Gasteiger partial charge in [0.15, 0.2) is 0 Å². The molecule has 4 nitrogen and oxygen atoms in total. The molecule has 0 amide bonds. The Morgan fingerprint density at radius 3 is 2.67 bits per heavy atom. The minimum Gasteiger partial charge on any atom is -0.384 e. The molecule has 18 heavy (non-hydrogen) atoms. The highest BCUT2D eigenvalue weighted by molar-refractivity contribution is 5.36. The molecule has 0 bridgehead atoms. The summed E-state index contributed by atoms with van der Waals surface area (Å²) in [5, 5.41) is 8.59. The third kappa shape index (κ3) is 3.06. The predicted molar refractivity (Wildman–Crippen MR) is 68.0 cm³/mol. The van der Waals surface area contributed by atoms with Crippen molar-refractivity contribution in [2.24, 2.45) is 0 Å². The Morgan fingerprint density at radius 2 is 2.00 bits per heavy atom. The van der Waals surface area contributed by atoms with Crippen LogP contribution in [0.15, 0.2) is 47.7 Å². The largest absolute Gasteiger partial charge is 0.384 e. The van der Waals surface area contributed by atoms with Crippen molar-refractivity contribution in [2.45, 2.75) is 6.54 Å². The maximum Gasteiger partial charge on any atom is 0.253 e. The van der Waals surface area contributed by atoms with Gasteiger partial charge in [0, 0.05) is 17.8 Å². The van der Waals surface area contributed by atoms with Crippen molar-refractivity contribution in [2.75, 3.05) is 6.61 Å². The topological polar surface area (TPSA) is 55.1 Å². The van der Waals surface area contributed by atoms with Gasteiger partial charge in [-0.3, -0.25) is 9.36 Å². The van der Waals surface area contributed by atoms with Gasteiger partial charge < -0.3 is 5.11 Å². The van der Waals surface area contributed by atoms with Crippen LogP contribution in [0.1, 0.15) is 11.1 Å². The van der Waals surface area contributed by atoms with E-state index < -0.39 is 0 Å². The second-order valence-corrected chi connectivity index (χ2v) is 3.70. The molecule has 0 atom stereocenters. The minimum absolute atomic E-state index is 0.0749. The molecule has 0 unspecified atom stereocenters. The first kappa shape index (κ1) is 12.1. The van der Waals surface area contributed by atoms with Crippen LogP contribution in [-0.2, 0) is 6.54 Å². The number of hydrogen-bond acceptors (Lipinski definition) is 3. The van der Waals surface area contributed by atoms with E-state index in [9.17, 15) is 4.79 Å². The first-order chi connectivity index (χ1) is 8.79. The van der Waals surface area contributed by atoms with Crippen LogP contribution in [-0.4, -0.2) is 21.3 Å². The van der Waals surface area contributed by atoms with Crippen LogP contribution in [0.4, 0.5) is 0 Å². The van der Waals surface area contributed by atoms with Gasteiger partial charge in [0.05, 0.1) is 12.9 Å². The number of benzene rings is 1. The average Bonchev–Trinajstić information content (AvgIpc) is 2.41. The van der Waals surface area contributed by atoms with Crippen LogP contribution in [0.2, 0.25) is 0 Å². The molecular weight excluding hydrogens is 228 g/mol. The Labute approximate surface area is 105 Å². The number of aromatic nitrogens is 2. The van der Waals surface area contributed by atoms with E-state index in [1.807, 2.05) is 24.3 Å². The van der Waals surface area contributed by atoms with Gasteiger partial charge in [-0.2, -0.15) is 0 Å². The number of nitrogens with zero attached hydrogens (tertiary/aromatic N) is 2. The molecule has 0 fully saturated rings. The van der Waals surface area contributed by atoms with E-state index >= 15 is 0 Å². The maximum atomic E-state index is 11.5. The van der Waals surface area contributed by atoms with Crippen molar-refractivity contribution in [3.05, 3.63) is 64.3 Å². The second kappa shape index (κ2) is 5.80. The first-order valence-corrected chi connectivity index (χ1v) is 5.49. The van der Waals surface area contributed by atoms with E-state index in [0.29, 0.717) is 6.54 Å². The zero-order valence-electron chi connectivity index (χ0n) is 9.71. The summed E-state index contributed by atoms with van der Waals surface area (Å²) in [5.41, 5.74) is 1.76. The summed E-state index contributed by atoms with van der Waals surface area (Å²) < 4.78 is 1.54. The summed E-state index contributed by atoms with van der Waals surface area (Å²) in [7, 11) is 0. The van der Waals surface area contributed by atoms with Gasteiger partial charge in [0.1, 0.15) is 6.61 Å². The van der Waals surface area contributed by atoms with E-state index in [4.69, 9.17) is 5.11 Å². The zero-order chi connectivity index (χ0) is 12.8. The zero-order valence-corrected chi connectivity index (χ0v) is 9.71. The Kier molecular flexibility index (Phi) is 3.90.